The van der Waals surface area contributed by atoms with E-state index in [1.807, 2.05) is 24.3 Å². The van der Waals surface area contributed by atoms with Gasteiger partial charge in [-0.2, -0.15) is 0 Å². The van der Waals surface area contributed by atoms with Crippen LogP contribution in [0.25, 0.3) is 11.0 Å². The molecule has 2 heterocycles. The highest BCUT2D eigenvalue weighted by Gasteiger charge is 2.22. The van der Waals surface area contributed by atoms with Crippen LogP contribution < -0.4 is 0 Å². The lowest BCUT2D eigenvalue weighted by Gasteiger charge is -2.32. The third-order valence-corrected chi connectivity index (χ3v) is 6.30. The summed E-state index contributed by atoms with van der Waals surface area (Å²) >= 11 is 0. The van der Waals surface area contributed by atoms with Crippen molar-refractivity contribution in [3.8, 4) is 5.75 Å². The van der Waals surface area contributed by atoms with Crippen LogP contribution in [-0.2, 0) is 13.0 Å². The highest BCUT2D eigenvalue weighted by Crippen LogP contribution is 2.34. The molecular weight excluding hydrogens is 370 g/mol. The van der Waals surface area contributed by atoms with E-state index in [1.54, 1.807) is 6.07 Å². The molecular formula is C27H27NO2. The third kappa shape index (κ3) is 3.99. The van der Waals surface area contributed by atoms with Crippen molar-refractivity contribution in [2.45, 2.75) is 31.7 Å². The summed E-state index contributed by atoms with van der Waals surface area (Å²) in [6.45, 7) is 2.85. The van der Waals surface area contributed by atoms with Crippen molar-refractivity contribution in [1.82, 2.24) is 4.90 Å². The first-order valence-electron chi connectivity index (χ1n) is 10.8. The lowest BCUT2D eigenvalue weighted by molar-refractivity contribution is 0.203. The van der Waals surface area contributed by atoms with Gasteiger partial charge in [0.15, 0.2) is 0 Å². The molecule has 0 aliphatic carbocycles. The molecule has 0 saturated carbocycles. The maximum Gasteiger partial charge on any atom is 0.134 e. The van der Waals surface area contributed by atoms with Crippen LogP contribution in [0.3, 0.4) is 0 Å². The maximum atomic E-state index is 10.6. The average Bonchev–Trinajstić information content (AvgIpc) is 3.20. The second-order valence-electron chi connectivity index (χ2n) is 8.31. The van der Waals surface area contributed by atoms with Gasteiger partial charge in [-0.05, 0) is 61.2 Å². The summed E-state index contributed by atoms with van der Waals surface area (Å²) < 4.78 is 6.10. The van der Waals surface area contributed by atoms with Crippen molar-refractivity contribution in [3.05, 3.63) is 101 Å². The number of rotatable bonds is 5. The molecule has 1 saturated heterocycles. The molecule has 1 aromatic heterocycles. The summed E-state index contributed by atoms with van der Waals surface area (Å²) in [4.78, 5) is 2.46. The molecule has 0 unspecified atom stereocenters. The van der Waals surface area contributed by atoms with E-state index in [0.717, 1.165) is 61.2 Å². The standard InChI is InChI=1S/C27H27NO2/c29-26-11-12-27-24(18-23(30-27)17-20-7-3-1-4-8-20)25(26)19-28-15-13-22(14-16-28)21-9-5-2-6-10-21/h1-12,18,22,29H,13-17,19H2. The molecule has 152 valence electrons. The number of phenolic OH excluding ortho intramolecular Hbond substituents is 1. The van der Waals surface area contributed by atoms with E-state index in [1.165, 1.54) is 11.1 Å². The summed E-state index contributed by atoms with van der Waals surface area (Å²) in [6.07, 6.45) is 3.08. The van der Waals surface area contributed by atoms with Crippen LogP contribution in [0, 0.1) is 0 Å². The Bertz CT molecular complexity index is 1110. The van der Waals surface area contributed by atoms with Gasteiger partial charge < -0.3 is 9.52 Å². The summed E-state index contributed by atoms with van der Waals surface area (Å²) in [5, 5.41) is 11.6. The highest BCUT2D eigenvalue weighted by atomic mass is 16.3. The number of benzene rings is 3. The van der Waals surface area contributed by atoms with Crippen molar-refractivity contribution in [1.29, 1.82) is 0 Å². The first kappa shape index (κ1) is 19.0. The van der Waals surface area contributed by atoms with Crippen LogP contribution in [0.4, 0.5) is 0 Å². The monoisotopic (exact) mass is 397 g/mol. The van der Waals surface area contributed by atoms with E-state index < -0.39 is 0 Å². The fraction of sp³-hybridized carbons (Fsp3) is 0.259. The van der Waals surface area contributed by atoms with E-state index in [2.05, 4.69) is 53.4 Å². The maximum absolute atomic E-state index is 10.6. The number of nitrogens with zero attached hydrogens (tertiary/aromatic N) is 1. The lowest BCUT2D eigenvalue weighted by atomic mass is 9.89. The van der Waals surface area contributed by atoms with Gasteiger partial charge in [-0.25, -0.2) is 0 Å². The number of furan rings is 1. The zero-order valence-corrected chi connectivity index (χ0v) is 17.1. The first-order valence-corrected chi connectivity index (χ1v) is 10.8. The van der Waals surface area contributed by atoms with E-state index in [9.17, 15) is 5.11 Å². The van der Waals surface area contributed by atoms with Crippen LogP contribution in [0.1, 0.15) is 41.2 Å². The minimum atomic E-state index is 0.361. The molecule has 0 amide bonds. The predicted octanol–water partition coefficient (Wildman–Crippen LogP) is 6.11. The Morgan fingerprint density at radius 1 is 0.867 bits per heavy atom. The summed E-state index contributed by atoms with van der Waals surface area (Å²) in [6, 6.07) is 26.9. The molecule has 1 aliphatic heterocycles. The second-order valence-corrected chi connectivity index (χ2v) is 8.31. The Kier molecular flexibility index (Phi) is 5.29. The van der Waals surface area contributed by atoms with Crippen molar-refractivity contribution in [3.63, 3.8) is 0 Å². The van der Waals surface area contributed by atoms with Crippen LogP contribution in [0.2, 0.25) is 0 Å². The van der Waals surface area contributed by atoms with Gasteiger partial charge in [-0.3, -0.25) is 4.90 Å². The van der Waals surface area contributed by atoms with Crippen LogP contribution in [0.5, 0.6) is 5.75 Å². The summed E-state index contributed by atoms with van der Waals surface area (Å²) in [5.74, 6) is 1.93. The van der Waals surface area contributed by atoms with E-state index >= 15 is 0 Å². The number of piperidine rings is 1. The van der Waals surface area contributed by atoms with Gasteiger partial charge in [-0.15, -0.1) is 0 Å². The molecule has 5 rings (SSSR count). The van der Waals surface area contributed by atoms with Gasteiger partial charge in [-0.1, -0.05) is 60.7 Å². The Morgan fingerprint density at radius 3 is 2.30 bits per heavy atom. The smallest absolute Gasteiger partial charge is 0.134 e. The van der Waals surface area contributed by atoms with Crippen LogP contribution in [0.15, 0.2) is 83.3 Å². The summed E-state index contributed by atoms with van der Waals surface area (Å²) in [7, 11) is 0. The van der Waals surface area contributed by atoms with Crippen LogP contribution in [-0.4, -0.2) is 23.1 Å². The Hall–Kier alpha value is -3.04. The van der Waals surface area contributed by atoms with Crippen molar-refractivity contribution in [2.24, 2.45) is 0 Å². The van der Waals surface area contributed by atoms with Gasteiger partial charge in [0.25, 0.3) is 0 Å². The fourth-order valence-electron chi connectivity index (χ4n) is 4.63. The van der Waals surface area contributed by atoms with E-state index in [-0.39, 0.29) is 0 Å². The van der Waals surface area contributed by atoms with E-state index in [0.29, 0.717) is 11.7 Å². The number of fused-ring (bicyclic) bond motifs is 1. The molecule has 1 aliphatic rings. The van der Waals surface area contributed by atoms with E-state index in [4.69, 9.17) is 4.42 Å². The third-order valence-electron chi connectivity index (χ3n) is 6.30. The normalized spacial score (nSPS) is 15.6. The Morgan fingerprint density at radius 2 is 1.57 bits per heavy atom. The van der Waals surface area contributed by atoms with Gasteiger partial charge in [0.2, 0.25) is 0 Å². The van der Waals surface area contributed by atoms with Crippen molar-refractivity contribution >= 4 is 11.0 Å². The molecule has 30 heavy (non-hydrogen) atoms. The Labute approximate surface area is 177 Å². The molecule has 3 heteroatoms. The minimum absolute atomic E-state index is 0.361. The molecule has 0 bridgehead atoms. The SMILES string of the molecule is Oc1ccc2oc(Cc3ccccc3)cc2c1CN1CCC(c2ccccc2)CC1. The average molecular weight is 398 g/mol. The molecule has 0 radical (unpaired) electrons. The molecule has 0 spiro atoms. The first-order chi connectivity index (χ1) is 14.8. The molecule has 1 fully saturated rings. The Balaban J connectivity index is 1.32. The molecule has 0 atom stereocenters. The van der Waals surface area contributed by atoms with Crippen molar-refractivity contribution in [2.75, 3.05) is 13.1 Å². The number of phenols is 1. The quantitative estimate of drug-likeness (QED) is 0.441. The van der Waals surface area contributed by atoms with Crippen molar-refractivity contribution < 1.29 is 9.52 Å². The molecule has 4 aromatic rings. The number of aromatic hydroxyl groups is 1. The predicted molar refractivity (Wildman–Crippen MR) is 121 cm³/mol. The number of hydrogen-bond acceptors (Lipinski definition) is 3. The highest BCUT2D eigenvalue weighted by molar-refractivity contribution is 5.84. The number of likely N-dealkylation sites (tertiary alicyclic amines) is 1. The lowest BCUT2D eigenvalue weighted by Crippen LogP contribution is -2.32. The summed E-state index contributed by atoms with van der Waals surface area (Å²) in [5.41, 5.74) is 4.51. The zero-order chi connectivity index (χ0) is 20.3. The largest absolute Gasteiger partial charge is 0.508 e. The molecule has 3 nitrogen and oxygen atoms in total. The zero-order valence-electron chi connectivity index (χ0n) is 17.1. The topological polar surface area (TPSA) is 36.6 Å². The second kappa shape index (κ2) is 8.37. The molecule has 3 aromatic carbocycles. The minimum Gasteiger partial charge on any atom is -0.508 e. The number of hydrogen-bond donors (Lipinski definition) is 1. The molecule has 1 N–H and O–H groups in total. The van der Waals surface area contributed by atoms with Crippen LogP contribution >= 0.6 is 0 Å². The fourth-order valence-corrected chi connectivity index (χ4v) is 4.63. The van der Waals surface area contributed by atoms with Gasteiger partial charge >= 0.3 is 0 Å². The van der Waals surface area contributed by atoms with Gasteiger partial charge in [0.05, 0.1) is 0 Å². The van der Waals surface area contributed by atoms with Gasteiger partial charge in [0.1, 0.15) is 17.1 Å². The van der Waals surface area contributed by atoms with Gasteiger partial charge in [0, 0.05) is 23.9 Å².